The lowest BCUT2D eigenvalue weighted by Gasteiger charge is -2.34. The normalized spacial score (nSPS) is 12.4. The van der Waals surface area contributed by atoms with Crippen LogP contribution in [0.15, 0.2) is 102 Å². The van der Waals surface area contributed by atoms with E-state index in [4.69, 9.17) is 14.2 Å². The first kappa shape index (κ1) is 36.7. The Labute approximate surface area is 287 Å². The maximum atomic E-state index is 14.6. The number of methoxy groups -OCH3 is 3. The summed E-state index contributed by atoms with van der Waals surface area (Å²) < 4.78 is 59.7. The number of rotatable bonds is 16. The van der Waals surface area contributed by atoms with Crippen molar-refractivity contribution in [3.8, 4) is 17.2 Å². The molecule has 0 aliphatic rings. The largest absolute Gasteiger partial charge is 0.497 e. The van der Waals surface area contributed by atoms with Gasteiger partial charge in [0.15, 0.2) is 11.5 Å². The molecule has 0 bridgehead atoms. The van der Waals surface area contributed by atoms with Crippen LogP contribution < -0.4 is 23.8 Å². The highest BCUT2D eigenvalue weighted by Gasteiger charge is 2.35. The van der Waals surface area contributed by atoms with E-state index < -0.39 is 34.3 Å². The van der Waals surface area contributed by atoms with Gasteiger partial charge in [-0.1, -0.05) is 49.4 Å². The zero-order valence-corrected chi connectivity index (χ0v) is 29.1. The summed E-state index contributed by atoms with van der Waals surface area (Å²) in [5.74, 6) is -0.591. The molecule has 0 aliphatic heterocycles. The van der Waals surface area contributed by atoms with Crippen LogP contribution in [0.5, 0.6) is 17.2 Å². The van der Waals surface area contributed by atoms with Crippen molar-refractivity contribution in [3.05, 3.63) is 114 Å². The second-order valence-electron chi connectivity index (χ2n) is 11.4. The molecule has 0 saturated heterocycles. The summed E-state index contributed by atoms with van der Waals surface area (Å²) in [5, 5.41) is 3.01. The molecule has 1 N–H and O–H groups in total. The standard InChI is InChI=1S/C37H42FN3O7S/c1-6-26(2)39-37(43)33(22-27-11-8-7-9-12-27)40(24-28-13-10-14-31(21-28)46-3)36(42)25-41(30-17-15-29(38)16-18-30)49(44,45)32-19-20-34(47-4)35(23-32)48-5/h7-21,23,26,33H,6,22,24-25H2,1-5H3,(H,39,43). The van der Waals surface area contributed by atoms with Crippen LogP contribution in [0.1, 0.15) is 31.4 Å². The van der Waals surface area contributed by atoms with Gasteiger partial charge in [0.05, 0.1) is 31.9 Å². The van der Waals surface area contributed by atoms with Gasteiger partial charge in [0.2, 0.25) is 11.8 Å². The minimum Gasteiger partial charge on any atom is -0.497 e. The number of halogens is 1. The van der Waals surface area contributed by atoms with E-state index in [1.807, 2.05) is 44.2 Å². The van der Waals surface area contributed by atoms with E-state index in [1.54, 1.807) is 24.3 Å². The predicted molar refractivity (Wildman–Crippen MR) is 186 cm³/mol. The lowest BCUT2D eigenvalue weighted by molar-refractivity contribution is -0.140. The highest BCUT2D eigenvalue weighted by Crippen LogP contribution is 2.32. The molecule has 4 aromatic carbocycles. The number of amides is 2. The Bertz CT molecular complexity index is 1820. The number of anilines is 1. The minimum atomic E-state index is -4.46. The number of hydrogen-bond acceptors (Lipinski definition) is 7. The van der Waals surface area contributed by atoms with Crippen molar-refractivity contribution in [2.24, 2.45) is 0 Å². The van der Waals surface area contributed by atoms with Gasteiger partial charge < -0.3 is 24.4 Å². The molecule has 4 rings (SSSR count). The molecule has 12 heteroatoms. The smallest absolute Gasteiger partial charge is 0.264 e. The number of ether oxygens (including phenoxy) is 3. The Kier molecular flexibility index (Phi) is 12.6. The number of carbonyl (C=O) groups is 2. The summed E-state index contributed by atoms with van der Waals surface area (Å²) in [5.41, 5.74) is 1.52. The average Bonchev–Trinajstić information content (AvgIpc) is 3.12. The maximum Gasteiger partial charge on any atom is 0.264 e. The fraction of sp³-hybridized carbons (Fsp3) is 0.297. The molecule has 260 valence electrons. The Morgan fingerprint density at radius 2 is 1.49 bits per heavy atom. The van der Waals surface area contributed by atoms with Crippen LogP contribution in [0.4, 0.5) is 10.1 Å². The molecule has 4 aromatic rings. The summed E-state index contributed by atoms with van der Waals surface area (Å²) >= 11 is 0. The quantitative estimate of drug-likeness (QED) is 0.163. The molecular weight excluding hydrogens is 649 g/mol. The number of sulfonamides is 1. The Hall–Kier alpha value is -5.10. The van der Waals surface area contributed by atoms with Crippen LogP contribution in [0, 0.1) is 5.82 Å². The molecule has 0 saturated carbocycles. The average molecular weight is 692 g/mol. The fourth-order valence-electron chi connectivity index (χ4n) is 5.20. The molecule has 49 heavy (non-hydrogen) atoms. The second kappa shape index (κ2) is 16.8. The van der Waals surface area contributed by atoms with Crippen LogP contribution in [-0.4, -0.2) is 65.1 Å². The molecule has 10 nitrogen and oxygen atoms in total. The summed E-state index contributed by atoms with van der Waals surface area (Å²) in [6, 6.07) is 24.0. The van der Waals surface area contributed by atoms with Crippen LogP contribution >= 0.6 is 0 Å². The molecule has 2 amide bonds. The van der Waals surface area contributed by atoms with Crippen LogP contribution in [0.25, 0.3) is 0 Å². The van der Waals surface area contributed by atoms with Crippen molar-refractivity contribution < 1.29 is 36.6 Å². The van der Waals surface area contributed by atoms with Gasteiger partial charge in [-0.15, -0.1) is 0 Å². The number of nitrogens with one attached hydrogen (secondary N) is 1. The number of benzene rings is 4. The third kappa shape index (κ3) is 9.29. The Morgan fingerprint density at radius 3 is 2.12 bits per heavy atom. The summed E-state index contributed by atoms with van der Waals surface area (Å²) in [6.07, 6.45) is 0.827. The van der Waals surface area contributed by atoms with E-state index >= 15 is 0 Å². The van der Waals surface area contributed by atoms with Crippen molar-refractivity contribution >= 4 is 27.5 Å². The van der Waals surface area contributed by atoms with Gasteiger partial charge in [-0.3, -0.25) is 13.9 Å². The molecular formula is C37H42FN3O7S. The number of hydrogen-bond donors (Lipinski definition) is 1. The fourth-order valence-corrected chi connectivity index (χ4v) is 6.63. The van der Waals surface area contributed by atoms with Crippen molar-refractivity contribution in [1.82, 2.24) is 10.2 Å². The molecule has 0 heterocycles. The van der Waals surface area contributed by atoms with Crippen molar-refractivity contribution in [2.75, 3.05) is 32.2 Å². The van der Waals surface area contributed by atoms with Crippen LogP contribution in [-0.2, 0) is 32.6 Å². The highest BCUT2D eigenvalue weighted by atomic mass is 32.2. The molecule has 2 atom stereocenters. The predicted octanol–water partition coefficient (Wildman–Crippen LogP) is 5.60. The zero-order chi connectivity index (χ0) is 35.6. The van der Waals surface area contributed by atoms with Crippen LogP contribution in [0.2, 0.25) is 0 Å². The maximum absolute atomic E-state index is 14.6. The van der Waals surface area contributed by atoms with E-state index in [1.165, 1.54) is 56.6 Å². The molecule has 0 radical (unpaired) electrons. The first-order valence-corrected chi connectivity index (χ1v) is 17.2. The third-order valence-electron chi connectivity index (χ3n) is 8.10. The van der Waals surface area contributed by atoms with Gasteiger partial charge in [-0.25, -0.2) is 12.8 Å². The molecule has 0 spiro atoms. The van der Waals surface area contributed by atoms with Crippen molar-refractivity contribution in [2.45, 2.75) is 50.2 Å². The molecule has 2 unspecified atom stereocenters. The Balaban J connectivity index is 1.84. The SMILES string of the molecule is CCC(C)NC(=O)C(Cc1ccccc1)N(Cc1cccc(OC)c1)C(=O)CN(c1ccc(F)cc1)S(=O)(=O)c1ccc(OC)c(OC)c1. The van der Waals surface area contributed by atoms with E-state index in [0.29, 0.717) is 23.5 Å². The van der Waals surface area contributed by atoms with E-state index in [2.05, 4.69) is 5.32 Å². The second-order valence-corrected chi connectivity index (χ2v) is 13.3. The van der Waals surface area contributed by atoms with E-state index in [0.717, 1.165) is 22.0 Å². The van der Waals surface area contributed by atoms with Gasteiger partial charge in [0.1, 0.15) is 24.2 Å². The number of nitrogens with zero attached hydrogens (tertiary/aromatic N) is 2. The zero-order valence-electron chi connectivity index (χ0n) is 28.3. The van der Waals surface area contributed by atoms with Gasteiger partial charge in [0.25, 0.3) is 10.0 Å². The minimum absolute atomic E-state index is 0.0326. The lowest BCUT2D eigenvalue weighted by Crippen LogP contribution is -2.54. The summed E-state index contributed by atoms with van der Waals surface area (Å²) in [4.78, 5) is 29.8. The van der Waals surface area contributed by atoms with E-state index in [-0.39, 0.29) is 41.2 Å². The Morgan fingerprint density at radius 1 is 0.816 bits per heavy atom. The van der Waals surface area contributed by atoms with Gasteiger partial charge >= 0.3 is 0 Å². The van der Waals surface area contributed by atoms with Gasteiger partial charge in [-0.2, -0.15) is 0 Å². The molecule has 0 fully saturated rings. The summed E-state index contributed by atoms with van der Waals surface area (Å²) in [7, 11) is -0.125. The van der Waals surface area contributed by atoms with Crippen LogP contribution in [0.3, 0.4) is 0 Å². The molecule has 0 aliphatic carbocycles. The molecule has 0 aromatic heterocycles. The highest BCUT2D eigenvalue weighted by molar-refractivity contribution is 7.92. The third-order valence-corrected chi connectivity index (χ3v) is 9.87. The summed E-state index contributed by atoms with van der Waals surface area (Å²) in [6.45, 7) is 3.08. The first-order valence-electron chi connectivity index (χ1n) is 15.8. The number of carbonyl (C=O) groups excluding carboxylic acids is 2. The van der Waals surface area contributed by atoms with E-state index in [9.17, 15) is 22.4 Å². The first-order chi connectivity index (χ1) is 23.5. The van der Waals surface area contributed by atoms with Gasteiger partial charge in [-0.05, 0) is 73.0 Å². The van der Waals surface area contributed by atoms with Crippen molar-refractivity contribution in [1.29, 1.82) is 0 Å². The topological polar surface area (TPSA) is 114 Å². The van der Waals surface area contributed by atoms with Crippen molar-refractivity contribution in [3.63, 3.8) is 0 Å². The van der Waals surface area contributed by atoms with Gasteiger partial charge in [0, 0.05) is 25.1 Å². The monoisotopic (exact) mass is 691 g/mol. The lowest BCUT2D eigenvalue weighted by atomic mass is 10.0.